The zero-order valence-corrected chi connectivity index (χ0v) is 17.8. The first-order chi connectivity index (χ1) is 15.6. The first-order valence-corrected chi connectivity index (χ1v) is 9.73. The maximum Gasteiger partial charge on any atom is 0.417 e. The van der Waals surface area contributed by atoms with Crippen LogP contribution >= 0.6 is 0 Å². The van der Waals surface area contributed by atoms with Crippen LogP contribution in [0.25, 0.3) is 11.3 Å². The molecule has 3 aromatic rings. The number of aromatic nitrogens is 1. The van der Waals surface area contributed by atoms with E-state index in [2.05, 4.69) is 10.3 Å². The Morgan fingerprint density at radius 3 is 2.24 bits per heavy atom. The van der Waals surface area contributed by atoms with Crippen molar-refractivity contribution in [3.05, 3.63) is 76.7 Å². The molecule has 0 spiro atoms. The van der Waals surface area contributed by atoms with Gasteiger partial charge in [0, 0.05) is 24.7 Å². The highest BCUT2D eigenvalue weighted by Crippen LogP contribution is 2.37. The van der Waals surface area contributed by atoms with E-state index in [-0.39, 0.29) is 30.0 Å². The van der Waals surface area contributed by atoms with Crippen LogP contribution in [-0.2, 0) is 19.3 Å². The lowest BCUT2D eigenvalue weighted by molar-refractivity contribution is -0.137. The average Bonchev–Trinajstić information content (AvgIpc) is 2.81. The van der Waals surface area contributed by atoms with Gasteiger partial charge in [-0.3, -0.25) is 4.79 Å². The van der Waals surface area contributed by atoms with E-state index in [1.165, 1.54) is 26.4 Å². The third kappa shape index (κ3) is 5.78. The Bertz CT molecular complexity index is 1140. The summed E-state index contributed by atoms with van der Waals surface area (Å²) in [5.74, 6) is -0.600. The molecule has 0 saturated carbocycles. The second kappa shape index (κ2) is 9.86. The van der Waals surface area contributed by atoms with Crippen LogP contribution in [-0.4, -0.2) is 25.1 Å². The van der Waals surface area contributed by atoms with Crippen molar-refractivity contribution in [2.24, 2.45) is 5.73 Å². The first-order valence-electron chi connectivity index (χ1n) is 9.73. The van der Waals surface area contributed by atoms with Gasteiger partial charge >= 0.3 is 6.18 Å². The molecule has 2 aromatic carbocycles. The summed E-state index contributed by atoms with van der Waals surface area (Å²) in [5.41, 5.74) is 4.92. The highest BCUT2D eigenvalue weighted by atomic mass is 19.4. The number of alkyl halides is 3. The molecule has 0 radical (unpaired) electrons. The average molecular weight is 463 g/mol. The van der Waals surface area contributed by atoms with Crippen molar-refractivity contribution < 1.29 is 31.8 Å². The molecule has 0 fully saturated rings. The van der Waals surface area contributed by atoms with Gasteiger partial charge in [0.2, 0.25) is 0 Å². The van der Waals surface area contributed by atoms with Gasteiger partial charge in [-0.25, -0.2) is 9.37 Å². The normalized spacial score (nSPS) is 11.2. The molecule has 1 aromatic heterocycles. The summed E-state index contributed by atoms with van der Waals surface area (Å²) < 4.78 is 64.3. The number of nitrogens with two attached hydrogens (primary N) is 1. The van der Waals surface area contributed by atoms with E-state index < -0.39 is 23.5 Å². The lowest BCUT2D eigenvalue weighted by Crippen LogP contribution is -2.24. The maximum atomic E-state index is 13.5. The highest BCUT2D eigenvalue weighted by molar-refractivity contribution is 5.93. The van der Waals surface area contributed by atoms with Crippen LogP contribution < -0.4 is 20.5 Å². The summed E-state index contributed by atoms with van der Waals surface area (Å²) in [6.45, 7) is 0.0477. The lowest BCUT2D eigenvalue weighted by Gasteiger charge is -2.14. The van der Waals surface area contributed by atoms with Crippen LogP contribution in [0, 0.1) is 5.82 Å². The van der Waals surface area contributed by atoms with E-state index in [4.69, 9.17) is 15.2 Å². The number of nitrogens with zero attached hydrogens (tertiary/aromatic N) is 1. The van der Waals surface area contributed by atoms with Gasteiger partial charge in [-0.15, -0.1) is 0 Å². The first kappa shape index (κ1) is 24.0. The molecule has 3 rings (SSSR count). The molecule has 10 heteroatoms. The number of hydrogen-bond acceptors (Lipinski definition) is 5. The Morgan fingerprint density at radius 2 is 1.67 bits per heavy atom. The number of halogens is 4. The summed E-state index contributed by atoms with van der Waals surface area (Å²) in [6, 6.07) is 10.1. The van der Waals surface area contributed by atoms with Gasteiger partial charge in [-0.05, 0) is 53.6 Å². The van der Waals surface area contributed by atoms with E-state index in [0.717, 1.165) is 12.1 Å². The molecule has 3 N–H and O–H groups in total. The number of hydrogen-bond donors (Lipinski definition) is 2. The molecule has 0 aliphatic rings. The molecule has 0 bridgehead atoms. The van der Waals surface area contributed by atoms with Crippen LogP contribution in [0.1, 0.15) is 27.2 Å². The summed E-state index contributed by atoms with van der Waals surface area (Å²) in [7, 11) is 2.98. The Labute approximate surface area is 187 Å². The number of amides is 1. The monoisotopic (exact) mass is 463 g/mol. The molecule has 174 valence electrons. The van der Waals surface area contributed by atoms with E-state index in [9.17, 15) is 22.4 Å². The molecule has 0 saturated heterocycles. The topological polar surface area (TPSA) is 86.5 Å². The molecule has 33 heavy (non-hydrogen) atoms. The minimum absolute atomic E-state index is 0.0363. The number of benzene rings is 2. The van der Waals surface area contributed by atoms with E-state index in [1.54, 1.807) is 18.2 Å². The van der Waals surface area contributed by atoms with E-state index in [0.29, 0.717) is 28.7 Å². The van der Waals surface area contributed by atoms with E-state index in [1.807, 2.05) is 0 Å². The molecule has 1 amide bonds. The molecular weight excluding hydrogens is 442 g/mol. The van der Waals surface area contributed by atoms with Crippen LogP contribution in [0.5, 0.6) is 11.5 Å². The van der Waals surface area contributed by atoms with Crippen molar-refractivity contribution in [1.82, 2.24) is 10.3 Å². The quantitative estimate of drug-likeness (QED) is 0.510. The smallest absolute Gasteiger partial charge is 0.417 e. The maximum absolute atomic E-state index is 13.5. The predicted octanol–water partition coefficient (Wildman–Crippen LogP) is 4.31. The van der Waals surface area contributed by atoms with Crippen molar-refractivity contribution >= 4 is 5.91 Å². The molecule has 0 aliphatic carbocycles. The fourth-order valence-corrected chi connectivity index (χ4v) is 3.18. The number of carbonyl (C=O) groups is 1. The third-order valence-corrected chi connectivity index (χ3v) is 4.78. The molecule has 0 unspecified atom stereocenters. The van der Waals surface area contributed by atoms with Crippen molar-refractivity contribution in [3.8, 4) is 22.8 Å². The van der Waals surface area contributed by atoms with Gasteiger partial charge in [0.25, 0.3) is 5.91 Å². The summed E-state index contributed by atoms with van der Waals surface area (Å²) in [4.78, 5) is 16.9. The predicted molar refractivity (Wildman–Crippen MR) is 113 cm³/mol. The SMILES string of the molecule is COc1cc(CNC(=O)c2cc(CN)cc(-c3ccc(F)cc3C(F)(F)F)n2)cc(OC)c1. The minimum Gasteiger partial charge on any atom is -0.497 e. The zero-order chi connectivity index (χ0) is 24.2. The fourth-order valence-electron chi connectivity index (χ4n) is 3.18. The standard InChI is InChI=1S/C23H21F4N3O3/c1-32-16-5-14(6-17(10-16)33-2)12-29-22(31)21-8-13(11-28)7-20(30-21)18-4-3-15(24)9-19(18)23(25,26)27/h3-10H,11-12,28H2,1-2H3,(H,29,31). The van der Waals surface area contributed by atoms with Crippen molar-refractivity contribution in [2.45, 2.75) is 19.3 Å². The lowest BCUT2D eigenvalue weighted by atomic mass is 10.0. The number of pyridine rings is 1. The van der Waals surface area contributed by atoms with Gasteiger partial charge in [-0.1, -0.05) is 0 Å². The number of nitrogens with one attached hydrogen (secondary N) is 1. The van der Waals surface area contributed by atoms with Gasteiger partial charge in [0.1, 0.15) is 23.0 Å². The second-order valence-electron chi connectivity index (χ2n) is 7.04. The minimum atomic E-state index is -4.81. The number of rotatable bonds is 7. The highest BCUT2D eigenvalue weighted by Gasteiger charge is 2.34. The second-order valence-corrected chi connectivity index (χ2v) is 7.04. The molecule has 0 atom stereocenters. The van der Waals surface area contributed by atoms with Crippen LogP contribution in [0.4, 0.5) is 17.6 Å². The summed E-state index contributed by atoms with van der Waals surface area (Å²) in [6.07, 6.45) is -4.81. The van der Waals surface area contributed by atoms with Crippen LogP contribution in [0.2, 0.25) is 0 Å². The number of ether oxygens (including phenoxy) is 2. The van der Waals surface area contributed by atoms with Crippen molar-refractivity contribution in [1.29, 1.82) is 0 Å². The molecule has 0 aliphatic heterocycles. The fraction of sp³-hybridized carbons (Fsp3) is 0.217. The Balaban J connectivity index is 1.93. The largest absolute Gasteiger partial charge is 0.497 e. The Kier molecular flexibility index (Phi) is 7.17. The van der Waals surface area contributed by atoms with Crippen molar-refractivity contribution in [2.75, 3.05) is 14.2 Å². The van der Waals surface area contributed by atoms with Gasteiger partial charge in [0.15, 0.2) is 0 Å². The number of carbonyl (C=O) groups excluding carboxylic acids is 1. The zero-order valence-electron chi connectivity index (χ0n) is 17.8. The van der Waals surface area contributed by atoms with Crippen LogP contribution in [0.15, 0.2) is 48.5 Å². The molecular formula is C23H21F4N3O3. The van der Waals surface area contributed by atoms with Gasteiger partial charge in [-0.2, -0.15) is 13.2 Å². The van der Waals surface area contributed by atoms with Crippen LogP contribution in [0.3, 0.4) is 0 Å². The number of methoxy groups -OCH3 is 2. The van der Waals surface area contributed by atoms with Crippen molar-refractivity contribution in [3.63, 3.8) is 0 Å². The third-order valence-electron chi connectivity index (χ3n) is 4.78. The Hall–Kier alpha value is -3.66. The van der Waals surface area contributed by atoms with Gasteiger partial charge < -0.3 is 20.5 Å². The molecule has 6 nitrogen and oxygen atoms in total. The molecule has 1 heterocycles. The Morgan fingerprint density at radius 1 is 1.00 bits per heavy atom. The summed E-state index contributed by atoms with van der Waals surface area (Å²) >= 11 is 0. The van der Waals surface area contributed by atoms with Gasteiger partial charge in [0.05, 0.1) is 25.5 Å². The van der Waals surface area contributed by atoms with E-state index >= 15 is 0 Å². The summed E-state index contributed by atoms with van der Waals surface area (Å²) in [5, 5.41) is 2.67.